The van der Waals surface area contributed by atoms with Crippen molar-refractivity contribution in [2.75, 3.05) is 5.32 Å². The summed E-state index contributed by atoms with van der Waals surface area (Å²) in [5.41, 5.74) is 4.66. The number of hydrogen-bond acceptors (Lipinski definition) is 4. The number of carbonyl (C=O) groups excluding carboxylic acids is 1. The first-order valence-corrected chi connectivity index (χ1v) is 9.00. The highest BCUT2D eigenvalue weighted by Gasteiger charge is 2.16. The van der Waals surface area contributed by atoms with E-state index in [0.29, 0.717) is 10.8 Å². The third-order valence-electron chi connectivity index (χ3n) is 4.42. The normalized spacial score (nSPS) is 11.4. The smallest absolute Gasteiger partial charge is 0.267 e. The van der Waals surface area contributed by atoms with Crippen LogP contribution in [0.3, 0.4) is 0 Å². The SMILES string of the molecule is Cc1cc(NC(=O)/C(C#N)=C\c2cc(C)n(-c3cc(Cl)ccc3C)c2C)no1. The van der Waals surface area contributed by atoms with Gasteiger partial charge in [0.15, 0.2) is 5.82 Å². The number of halogens is 1. The molecule has 3 rings (SSSR count). The second-order valence-electron chi connectivity index (χ2n) is 6.54. The maximum atomic E-state index is 12.4. The fourth-order valence-electron chi connectivity index (χ4n) is 3.04. The molecule has 0 aliphatic carbocycles. The van der Waals surface area contributed by atoms with Crippen LogP contribution in [0.1, 0.15) is 28.3 Å². The highest BCUT2D eigenvalue weighted by Crippen LogP contribution is 2.27. The molecule has 7 heteroatoms. The van der Waals surface area contributed by atoms with E-state index in [-0.39, 0.29) is 11.4 Å². The van der Waals surface area contributed by atoms with Crippen molar-refractivity contribution >= 4 is 29.4 Å². The Morgan fingerprint density at radius 1 is 1.25 bits per heavy atom. The molecule has 0 fully saturated rings. The molecule has 2 heterocycles. The Bertz CT molecular complexity index is 1130. The van der Waals surface area contributed by atoms with Crippen molar-refractivity contribution in [1.29, 1.82) is 5.26 Å². The molecule has 2 aromatic heterocycles. The van der Waals surface area contributed by atoms with Crippen molar-refractivity contribution in [1.82, 2.24) is 9.72 Å². The van der Waals surface area contributed by atoms with Crippen molar-refractivity contribution in [3.63, 3.8) is 0 Å². The topological polar surface area (TPSA) is 83.9 Å². The first kappa shape index (κ1) is 19.5. The summed E-state index contributed by atoms with van der Waals surface area (Å²) in [6.07, 6.45) is 1.57. The highest BCUT2D eigenvalue weighted by atomic mass is 35.5. The number of aromatic nitrogens is 2. The number of aryl methyl sites for hydroxylation is 3. The zero-order valence-electron chi connectivity index (χ0n) is 16.0. The summed E-state index contributed by atoms with van der Waals surface area (Å²) in [6, 6.07) is 11.2. The van der Waals surface area contributed by atoms with E-state index in [0.717, 1.165) is 28.2 Å². The van der Waals surface area contributed by atoms with Gasteiger partial charge in [0, 0.05) is 28.2 Å². The van der Waals surface area contributed by atoms with E-state index >= 15 is 0 Å². The number of hydrogen-bond donors (Lipinski definition) is 1. The second-order valence-corrected chi connectivity index (χ2v) is 6.98. The molecule has 1 aromatic carbocycles. The van der Waals surface area contributed by atoms with Crippen LogP contribution in [0, 0.1) is 39.0 Å². The van der Waals surface area contributed by atoms with Crippen LogP contribution in [0.25, 0.3) is 11.8 Å². The predicted octanol–water partition coefficient (Wildman–Crippen LogP) is 4.90. The van der Waals surface area contributed by atoms with Gasteiger partial charge in [-0.1, -0.05) is 22.8 Å². The minimum absolute atomic E-state index is 0.0243. The van der Waals surface area contributed by atoms with Crippen molar-refractivity contribution in [2.45, 2.75) is 27.7 Å². The average Bonchev–Trinajstić information content (AvgIpc) is 3.17. The van der Waals surface area contributed by atoms with Gasteiger partial charge in [0.05, 0.1) is 0 Å². The third-order valence-corrected chi connectivity index (χ3v) is 4.65. The molecule has 1 N–H and O–H groups in total. The van der Waals surface area contributed by atoms with Crippen LogP contribution in [0.4, 0.5) is 5.82 Å². The lowest BCUT2D eigenvalue weighted by molar-refractivity contribution is -0.112. The summed E-state index contributed by atoms with van der Waals surface area (Å²) in [7, 11) is 0. The lowest BCUT2D eigenvalue weighted by Crippen LogP contribution is -2.13. The molecule has 3 aromatic rings. The van der Waals surface area contributed by atoms with E-state index in [1.807, 2.05) is 51.1 Å². The van der Waals surface area contributed by atoms with Crippen LogP contribution in [0.5, 0.6) is 0 Å². The van der Waals surface area contributed by atoms with Crippen molar-refractivity contribution < 1.29 is 9.32 Å². The van der Waals surface area contributed by atoms with Gasteiger partial charge in [0.25, 0.3) is 5.91 Å². The molecule has 0 bridgehead atoms. The molecule has 28 heavy (non-hydrogen) atoms. The van der Waals surface area contributed by atoms with Gasteiger partial charge in [-0.3, -0.25) is 4.79 Å². The van der Waals surface area contributed by atoms with Gasteiger partial charge in [-0.25, -0.2) is 0 Å². The zero-order valence-corrected chi connectivity index (χ0v) is 16.8. The zero-order chi connectivity index (χ0) is 20.4. The van der Waals surface area contributed by atoms with E-state index in [1.54, 1.807) is 19.1 Å². The van der Waals surface area contributed by atoms with Crippen molar-refractivity contribution in [2.24, 2.45) is 0 Å². The number of nitrogens with one attached hydrogen (secondary N) is 1. The molecular weight excluding hydrogens is 376 g/mol. The maximum Gasteiger partial charge on any atom is 0.267 e. The number of benzene rings is 1. The number of nitrogens with zero attached hydrogens (tertiary/aromatic N) is 3. The maximum absolute atomic E-state index is 12.4. The van der Waals surface area contributed by atoms with E-state index in [2.05, 4.69) is 15.0 Å². The van der Waals surface area contributed by atoms with Crippen LogP contribution >= 0.6 is 11.6 Å². The quantitative estimate of drug-likeness (QED) is 0.504. The minimum Gasteiger partial charge on any atom is -0.360 e. The lowest BCUT2D eigenvalue weighted by Gasteiger charge is -2.13. The first-order valence-electron chi connectivity index (χ1n) is 8.62. The Labute approximate surface area is 168 Å². The second kappa shape index (κ2) is 7.75. The van der Waals surface area contributed by atoms with Crippen molar-refractivity contribution in [3.05, 3.63) is 69.2 Å². The Balaban J connectivity index is 1.98. The molecule has 0 aliphatic rings. The van der Waals surface area contributed by atoms with E-state index < -0.39 is 5.91 Å². The molecule has 0 radical (unpaired) electrons. The number of carbonyl (C=O) groups is 1. The Morgan fingerprint density at radius 3 is 2.64 bits per heavy atom. The monoisotopic (exact) mass is 394 g/mol. The number of nitriles is 1. The molecule has 1 amide bonds. The molecule has 0 spiro atoms. The van der Waals surface area contributed by atoms with Gasteiger partial charge < -0.3 is 14.4 Å². The Kier molecular flexibility index (Phi) is 5.39. The van der Waals surface area contributed by atoms with Crippen LogP contribution in [-0.2, 0) is 4.79 Å². The highest BCUT2D eigenvalue weighted by molar-refractivity contribution is 6.30. The van der Waals surface area contributed by atoms with Crippen molar-refractivity contribution in [3.8, 4) is 11.8 Å². The summed E-state index contributed by atoms with van der Waals surface area (Å²) in [5, 5.41) is 16.4. The summed E-state index contributed by atoms with van der Waals surface area (Å²) < 4.78 is 6.98. The molecule has 0 saturated heterocycles. The van der Waals surface area contributed by atoms with Gasteiger partial charge >= 0.3 is 0 Å². The van der Waals surface area contributed by atoms with Crippen LogP contribution in [0.2, 0.25) is 5.02 Å². The van der Waals surface area contributed by atoms with Gasteiger partial charge in [0.1, 0.15) is 17.4 Å². The van der Waals surface area contributed by atoms with Crippen LogP contribution in [0.15, 0.2) is 40.4 Å². The average molecular weight is 395 g/mol. The molecule has 0 aliphatic heterocycles. The van der Waals surface area contributed by atoms with E-state index in [1.165, 1.54) is 0 Å². The summed E-state index contributed by atoms with van der Waals surface area (Å²) in [6.45, 7) is 7.63. The van der Waals surface area contributed by atoms with Crippen LogP contribution < -0.4 is 5.32 Å². The molecule has 142 valence electrons. The first-order chi connectivity index (χ1) is 13.3. The van der Waals surface area contributed by atoms with E-state index in [4.69, 9.17) is 16.1 Å². The summed E-state index contributed by atoms with van der Waals surface area (Å²) in [5.74, 6) is 0.293. The van der Waals surface area contributed by atoms with Gasteiger partial charge in [0.2, 0.25) is 0 Å². The number of rotatable bonds is 4. The largest absolute Gasteiger partial charge is 0.360 e. The third kappa shape index (κ3) is 3.85. The molecule has 0 saturated carbocycles. The van der Waals surface area contributed by atoms with Gasteiger partial charge in [-0.2, -0.15) is 5.26 Å². The van der Waals surface area contributed by atoms with Gasteiger partial charge in [-0.05, 0) is 63.1 Å². The Morgan fingerprint density at radius 2 is 2.00 bits per heavy atom. The summed E-state index contributed by atoms with van der Waals surface area (Å²) >= 11 is 6.17. The minimum atomic E-state index is -0.542. The fraction of sp³-hybridized carbons (Fsp3) is 0.190. The molecular formula is C21H19ClN4O2. The predicted molar refractivity (Wildman–Crippen MR) is 108 cm³/mol. The van der Waals surface area contributed by atoms with E-state index in [9.17, 15) is 10.1 Å². The lowest BCUT2D eigenvalue weighted by atomic mass is 10.1. The van der Waals surface area contributed by atoms with Gasteiger partial charge in [-0.15, -0.1) is 0 Å². The molecule has 0 atom stereocenters. The fourth-order valence-corrected chi connectivity index (χ4v) is 3.21. The van der Waals surface area contributed by atoms with Crippen LogP contribution in [-0.4, -0.2) is 15.6 Å². The number of amides is 1. The molecule has 6 nitrogen and oxygen atoms in total. The number of anilines is 1. The Hall–Kier alpha value is -3.30. The summed E-state index contributed by atoms with van der Waals surface area (Å²) in [4.78, 5) is 12.4. The standard InChI is InChI=1S/C21H19ClN4O2/c1-12-5-6-18(22)10-19(12)26-13(2)7-16(15(26)4)9-17(11-23)21(27)24-20-8-14(3)28-25-20/h5-10H,1-4H3,(H,24,25,27)/b17-9-. The molecule has 0 unspecified atom stereocenters.